The van der Waals surface area contributed by atoms with E-state index < -0.39 is 0 Å². The zero-order valence-electron chi connectivity index (χ0n) is 9.48. The van der Waals surface area contributed by atoms with Gasteiger partial charge in [-0.05, 0) is 24.5 Å². The molecule has 0 bridgehead atoms. The lowest BCUT2D eigenvalue weighted by Gasteiger charge is -2.18. The summed E-state index contributed by atoms with van der Waals surface area (Å²) in [6, 6.07) is 8.29. The Morgan fingerprint density at radius 3 is 2.69 bits per heavy atom. The van der Waals surface area contributed by atoms with Crippen molar-refractivity contribution >= 4 is 10.9 Å². The lowest BCUT2D eigenvalue weighted by Crippen LogP contribution is -2.36. The lowest BCUT2D eigenvalue weighted by atomic mass is 9.98. The number of para-hydroxylation sites is 1. The van der Waals surface area contributed by atoms with E-state index >= 15 is 0 Å². The van der Waals surface area contributed by atoms with E-state index in [9.17, 15) is 0 Å². The molecule has 1 aromatic carbocycles. The molecule has 1 aliphatic rings. The highest BCUT2D eigenvalue weighted by Gasteiger charge is 2.45. The molecule has 84 valence electrons. The molecule has 3 rings (SSSR count). The van der Waals surface area contributed by atoms with Gasteiger partial charge in [-0.1, -0.05) is 18.2 Å². The molecule has 1 aromatic heterocycles. The van der Waals surface area contributed by atoms with Crippen molar-refractivity contribution in [3.63, 3.8) is 0 Å². The predicted octanol–water partition coefficient (Wildman–Crippen LogP) is 1.67. The van der Waals surface area contributed by atoms with Gasteiger partial charge in [-0.25, -0.2) is 0 Å². The maximum Gasteiger partial charge on any atom is 0.0499 e. The van der Waals surface area contributed by atoms with Gasteiger partial charge in [0, 0.05) is 35.7 Å². The number of rotatable bonds is 2. The van der Waals surface area contributed by atoms with Crippen LogP contribution in [0.5, 0.6) is 0 Å². The molecule has 0 saturated heterocycles. The highest BCUT2D eigenvalue weighted by atomic mass is 15.0. The molecule has 4 N–H and O–H groups in total. The van der Waals surface area contributed by atoms with Crippen molar-refractivity contribution in [2.24, 2.45) is 18.5 Å². The van der Waals surface area contributed by atoms with Crippen LogP contribution in [-0.4, -0.2) is 10.1 Å². The highest BCUT2D eigenvalue weighted by molar-refractivity contribution is 5.84. The van der Waals surface area contributed by atoms with Crippen molar-refractivity contribution in [3.05, 3.63) is 36.0 Å². The summed E-state index contributed by atoms with van der Waals surface area (Å²) < 4.78 is 2.12. The first-order valence-corrected chi connectivity index (χ1v) is 5.70. The van der Waals surface area contributed by atoms with Gasteiger partial charge in [-0.3, -0.25) is 0 Å². The monoisotopic (exact) mass is 215 g/mol. The maximum absolute atomic E-state index is 6.28. The summed E-state index contributed by atoms with van der Waals surface area (Å²) in [4.78, 5) is 0. The topological polar surface area (TPSA) is 57.0 Å². The summed E-state index contributed by atoms with van der Waals surface area (Å²) in [7, 11) is 2.05. The Morgan fingerprint density at radius 1 is 1.31 bits per heavy atom. The number of hydrogen-bond donors (Lipinski definition) is 2. The second-order valence-corrected chi connectivity index (χ2v) is 4.92. The van der Waals surface area contributed by atoms with E-state index in [1.54, 1.807) is 0 Å². The van der Waals surface area contributed by atoms with Crippen LogP contribution >= 0.6 is 0 Å². The standard InChI is InChI=1S/C13H17N3/c1-16-8-10(12(14)13(15)6-7-13)9-4-2-3-5-11(9)16/h2-5,8,12H,6-7,14-15H2,1H3. The van der Waals surface area contributed by atoms with Crippen molar-refractivity contribution in [1.82, 2.24) is 4.57 Å². The van der Waals surface area contributed by atoms with Gasteiger partial charge in [-0.2, -0.15) is 0 Å². The van der Waals surface area contributed by atoms with Crippen molar-refractivity contribution in [1.29, 1.82) is 0 Å². The van der Waals surface area contributed by atoms with Crippen molar-refractivity contribution < 1.29 is 0 Å². The molecule has 1 heterocycles. The quantitative estimate of drug-likeness (QED) is 0.800. The van der Waals surface area contributed by atoms with Gasteiger partial charge in [0.15, 0.2) is 0 Å². The first-order valence-electron chi connectivity index (χ1n) is 5.70. The zero-order valence-corrected chi connectivity index (χ0v) is 9.48. The van der Waals surface area contributed by atoms with E-state index in [1.807, 2.05) is 6.07 Å². The normalized spacial score (nSPS) is 19.9. The Bertz CT molecular complexity index is 537. The van der Waals surface area contributed by atoms with E-state index in [0.717, 1.165) is 12.8 Å². The molecule has 16 heavy (non-hydrogen) atoms. The zero-order chi connectivity index (χ0) is 11.3. The third kappa shape index (κ3) is 1.29. The Balaban J connectivity index is 2.16. The van der Waals surface area contributed by atoms with E-state index in [0.29, 0.717) is 0 Å². The molecule has 1 fully saturated rings. The number of nitrogens with zero attached hydrogens (tertiary/aromatic N) is 1. The molecular formula is C13H17N3. The number of hydrogen-bond acceptors (Lipinski definition) is 2. The summed E-state index contributed by atoms with van der Waals surface area (Å²) in [6.45, 7) is 0. The van der Waals surface area contributed by atoms with E-state index in [4.69, 9.17) is 11.5 Å². The number of aromatic nitrogens is 1. The van der Waals surface area contributed by atoms with Crippen LogP contribution in [0.4, 0.5) is 0 Å². The number of aryl methyl sites for hydroxylation is 1. The minimum absolute atomic E-state index is 0.0430. The number of benzene rings is 1. The second-order valence-electron chi connectivity index (χ2n) is 4.92. The summed E-state index contributed by atoms with van der Waals surface area (Å²) in [5.41, 5.74) is 14.7. The molecule has 1 saturated carbocycles. The van der Waals surface area contributed by atoms with Gasteiger partial charge in [0.25, 0.3) is 0 Å². The smallest absolute Gasteiger partial charge is 0.0499 e. The first kappa shape index (κ1) is 9.87. The highest BCUT2D eigenvalue weighted by Crippen LogP contribution is 2.43. The number of nitrogens with two attached hydrogens (primary N) is 2. The average Bonchev–Trinajstić information content (AvgIpc) is 2.96. The van der Waals surface area contributed by atoms with Crippen LogP contribution in [0.25, 0.3) is 10.9 Å². The third-order valence-corrected chi connectivity index (χ3v) is 3.71. The van der Waals surface area contributed by atoms with Crippen molar-refractivity contribution in [2.75, 3.05) is 0 Å². The van der Waals surface area contributed by atoms with Gasteiger partial charge in [0.05, 0.1) is 0 Å². The van der Waals surface area contributed by atoms with E-state index in [-0.39, 0.29) is 11.6 Å². The molecule has 0 radical (unpaired) electrons. The molecule has 3 nitrogen and oxygen atoms in total. The Hall–Kier alpha value is -1.32. The molecular weight excluding hydrogens is 198 g/mol. The van der Waals surface area contributed by atoms with Crippen molar-refractivity contribution in [2.45, 2.75) is 24.4 Å². The fraction of sp³-hybridized carbons (Fsp3) is 0.385. The summed E-state index contributed by atoms with van der Waals surface area (Å²) >= 11 is 0. The first-order chi connectivity index (χ1) is 7.62. The predicted molar refractivity (Wildman–Crippen MR) is 66.0 cm³/mol. The van der Waals surface area contributed by atoms with Crippen LogP contribution in [0.3, 0.4) is 0 Å². The fourth-order valence-electron chi connectivity index (χ4n) is 2.39. The number of fused-ring (bicyclic) bond motifs is 1. The van der Waals surface area contributed by atoms with Crippen LogP contribution in [0.15, 0.2) is 30.5 Å². The van der Waals surface area contributed by atoms with Crippen LogP contribution in [0.2, 0.25) is 0 Å². The van der Waals surface area contributed by atoms with Gasteiger partial charge in [-0.15, -0.1) is 0 Å². The minimum Gasteiger partial charge on any atom is -0.350 e. The summed E-state index contributed by atoms with van der Waals surface area (Å²) in [6.07, 6.45) is 4.19. The molecule has 2 aromatic rings. The van der Waals surface area contributed by atoms with Crippen LogP contribution < -0.4 is 11.5 Å². The molecule has 3 heteroatoms. The summed E-state index contributed by atoms with van der Waals surface area (Å²) in [5, 5.41) is 1.23. The fourth-order valence-corrected chi connectivity index (χ4v) is 2.39. The molecule has 1 unspecified atom stereocenters. The van der Waals surface area contributed by atoms with Gasteiger partial charge < -0.3 is 16.0 Å². The molecule has 0 spiro atoms. The van der Waals surface area contributed by atoms with Crippen molar-refractivity contribution in [3.8, 4) is 0 Å². The van der Waals surface area contributed by atoms with E-state index in [2.05, 4.69) is 36.0 Å². The SMILES string of the molecule is Cn1cc(C(N)C2(N)CC2)c2ccccc21. The Morgan fingerprint density at radius 2 is 2.00 bits per heavy atom. The second kappa shape index (κ2) is 3.09. The molecule has 0 aliphatic heterocycles. The van der Waals surface area contributed by atoms with Gasteiger partial charge >= 0.3 is 0 Å². The molecule has 0 amide bonds. The van der Waals surface area contributed by atoms with Crippen LogP contribution in [0, 0.1) is 0 Å². The average molecular weight is 215 g/mol. The van der Waals surface area contributed by atoms with Crippen LogP contribution in [-0.2, 0) is 7.05 Å². The van der Waals surface area contributed by atoms with E-state index in [1.165, 1.54) is 16.5 Å². The molecule has 1 aliphatic carbocycles. The minimum atomic E-state index is -0.163. The maximum atomic E-state index is 6.28. The van der Waals surface area contributed by atoms with Gasteiger partial charge in [0.1, 0.15) is 0 Å². The largest absolute Gasteiger partial charge is 0.350 e. The van der Waals surface area contributed by atoms with Gasteiger partial charge in [0.2, 0.25) is 0 Å². The Kier molecular flexibility index (Phi) is 1.91. The Labute approximate surface area is 95.0 Å². The van der Waals surface area contributed by atoms with Crippen LogP contribution in [0.1, 0.15) is 24.4 Å². The third-order valence-electron chi connectivity index (χ3n) is 3.71. The lowest BCUT2D eigenvalue weighted by molar-refractivity contribution is 0.538. The molecule has 1 atom stereocenters. The summed E-state index contributed by atoms with van der Waals surface area (Å²) in [5.74, 6) is 0.